The molecule has 0 aliphatic heterocycles. The Morgan fingerprint density at radius 2 is 2.19 bits per heavy atom. The molecule has 84 valence electrons. The van der Waals surface area contributed by atoms with E-state index in [9.17, 15) is 0 Å². The lowest BCUT2D eigenvalue weighted by Crippen LogP contribution is -1.96. The van der Waals surface area contributed by atoms with E-state index in [4.69, 9.17) is 9.52 Å². The van der Waals surface area contributed by atoms with Crippen molar-refractivity contribution >= 4 is 15.9 Å². The number of rotatable bonds is 3. The van der Waals surface area contributed by atoms with Crippen LogP contribution < -0.4 is 0 Å². The maximum atomic E-state index is 9.03. The Kier molecular flexibility index (Phi) is 3.41. The van der Waals surface area contributed by atoms with Crippen molar-refractivity contribution in [3.63, 3.8) is 0 Å². The smallest absolute Gasteiger partial charge is 0.227 e. The molecule has 2 aromatic rings. The fourth-order valence-electron chi connectivity index (χ4n) is 1.36. The van der Waals surface area contributed by atoms with Gasteiger partial charge in [0.25, 0.3) is 0 Å². The highest BCUT2D eigenvalue weighted by Gasteiger charge is 2.13. The van der Waals surface area contributed by atoms with Crippen molar-refractivity contribution in [2.45, 2.75) is 12.8 Å². The van der Waals surface area contributed by atoms with Crippen molar-refractivity contribution in [3.8, 4) is 11.5 Å². The molecule has 1 N–H and O–H groups in total. The minimum absolute atomic E-state index is 0.0243. The van der Waals surface area contributed by atoms with Gasteiger partial charge in [-0.2, -0.15) is 0 Å². The number of hydrogen-bond acceptors (Lipinski definition) is 3. The zero-order chi connectivity index (χ0) is 11.5. The SMILES string of the molecule is CC(CO)c1cnc(-c2ccccc2Br)o1. The van der Waals surface area contributed by atoms with E-state index in [1.165, 1.54) is 0 Å². The molecule has 2 rings (SSSR count). The first kappa shape index (κ1) is 11.4. The van der Waals surface area contributed by atoms with E-state index in [2.05, 4.69) is 20.9 Å². The predicted octanol–water partition coefficient (Wildman–Crippen LogP) is 3.20. The average Bonchev–Trinajstić information content (AvgIpc) is 2.78. The van der Waals surface area contributed by atoms with Gasteiger partial charge in [0.1, 0.15) is 5.76 Å². The highest BCUT2D eigenvalue weighted by molar-refractivity contribution is 9.10. The molecule has 1 atom stereocenters. The quantitative estimate of drug-likeness (QED) is 0.940. The second kappa shape index (κ2) is 4.80. The van der Waals surface area contributed by atoms with E-state index < -0.39 is 0 Å². The number of hydrogen-bond donors (Lipinski definition) is 1. The molecule has 16 heavy (non-hydrogen) atoms. The van der Waals surface area contributed by atoms with Crippen LogP contribution in [0.4, 0.5) is 0 Å². The molecule has 1 heterocycles. The highest BCUT2D eigenvalue weighted by atomic mass is 79.9. The Morgan fingerprint density at radius 3 is 2.88 bits per heavy atom. The average molecular weight is 282 g/mol. The van der Waals surface area contributed by atoms with Crippen LogP contribution >= 0.6 is 15.9 Å². The van der Waals surface area contributed by atoms with Crippen LogP contribution in [-0.2, 0) is 0 Å². The number of benzene rings is 1. The number of oxazole rings is 1. The van der Waals surface area contributed by atoms with Crippen molar-refractivity contribution in [3.05, 3.63) is 40.7 Å². The predicted molar refractivity (Wildman–Crippen MR) is 65.1 cm³/mol. The zero-order valence-electron chi connectivity index (χ0n) is 8.85. The fraction of sp³-hybridized carbons (Fsp3) is 0.250. The van der Waals surface area contributed by atoms with Gasteiger partial charge in [0, 0.05) is 10.4 Å². The van der Waals surface area contributed by atoms with Gasteiger partial charge in [-0.25, -0.2) is 4.98 Å². The van der Waals surface area contributed by atoms with Gasteiger partial charge in [0.05, 0.1) is 18.4 Å². The molecule has 0 saturated heterocycles. The van der Waals surface area contributed by atoms with Crippen molar-refractivity contribution in [1.82, 2.24) is 4.98 Å². The Morgan fingerprint density at radius 1 is 1.44 bits per heavy atom. The lowest BCUT2D eigenvalue weighted by molar-refractivity contribution is 0.258. The van der Waals surface area contributed by atoms with Gasteiger partial charge >= 0.3 is 0 Å². The molecule has 0 aliphatic rings. The lowest BCUT2D eigenvalue weighted by atomic mass is 10.1. The summed E-state index contributed by atoms with van der Waals surface area (Å²) in [7, 11) is 0. The van der Waals surface area contributed by atoms with Gasteiger partial charge in [0.2, 0.25) is 5.89 Å². The normalized spacial score (nSPS) is 12.7. The summed E-state index contributed by atoms with van der Waals surface area (Å²) < 4.78 is 6.55. The minimum Gasteiger partial charge on any atom is -0.441 e. The first-order valence-electron chi connectivity index (χ1n) is 5.04. The summed E-state index contributed by atoms with van der Waals surface area (Å²) in [6.07, 6.45) is 1.66. The number of aliphatic hydroxyl groups is 1. The monoisotopic (exact) mass is 281 g/mol. The first-order chi connectivity index (χ1) is 7.72. The van der Waals surface area contributed by atoms with E-state index in [0.717, 1.165) is 10.0 Å². The standard InChI is InChI=1S/C12H12BrNO2/c1-8(7-15)11-6-14-12(16-11)9-4-2-3-5-10(9)13/h2-6,8,15H,7H2,1H3. The molecule has 0 bridgehead atoms. The maximum absolute atomic E-state index is 9.03. The van der Waals surface area contributed by atoms with Gasteiger partial charge in [-0.15, -0.1) is 0 Å². The minimum atomic E-state index is -0.0243. The molecule has 0 spiro atoms. The molecule has 4 heteroatoms. The molecule has 0 amide bonds. The van der Waals surface area contributed by atoms with Crippen LogP contribution in [0.2, 0.25) is 0 Å². The van der Waals surface area contributed by atoms with E-state index in [-0.39, 0.29) is 12.5 Å². The molecule has 1 unspecified atom stereocenters. The van der Waals surface area contributed by atoms with Crippen LogP contribution in [0.15, 0.2) is 39.4 Å². The van der Waals surface area contributed by atoms with Crippen LogP contribution in [-0.4, -0.2) is 16.7 Å². The number of nitrogens with zero attached hydrogens (tertiary/aromatic N) is 1. The summed E-state index contributed by atoms with van der Waals surface area (Å²) >= 11 is 3.45. The fourth-order valence-corrected chi connectivity index (χ4v) is 1.82. The third kappa shape index (κ3) is 2.18. The summed E-state index contributed by atoms with van der Waals surface area (Å²) in [6.45, 7) is 1.95. The van der Waals surface area contributed by atoms with E-state index >= 15 is 0 Å². The molecular weight excluding hydrogens is 270 g/mol. The summed E-state index contributed by atoms with van der Waals surface area (Å²) in [5, 5.41) is 9.03. The van der Waals surface area contributed by atoms with Gasteiger partial charge in [-0.3, -0.25) is 0 Å². The topological polar surface area (TPSA) is 46.3 Å². The van der Waals surface area contributed by atoms with Crippen LogP contribution in [0.25, 0.3) is 11.5 Å². The van der Waals surface area contributed by atoms with E-state index in [0.29, 0.717) is 11.7 Å². The Hall–Kier alpha value is -1.13. The van der Waals surface area contributed by atoms with Gasteiger partial charge in [0.15, 0.2) is 0 Å². The molecule has 0 saturated carbocycles. The second-order valence-corrected chi connectivity index (χ2v) is 4.49. The molecular formula is C12H12BrNO2. The van der Waals surface area contributed by atoms with E-state index in [1.54, 1.807) is 6.20 Å². The maximum Gasteiger partial charge on any atom is 0.227 e. The summed E-state index contributed by atoms with van der Waals surface area (Å²) in [4.78, 5) is 4.21. The van der Waals surface area contributed by atoms with Gasteiger partial charge in [-0.1, -0.05) is 19.1 Å². The van der Waals surface area contributed by atoms with Crippen LogP contribution in [0.1, 0.15) is 18.6 Å². The third-order valence-corrected chi connectivity index (χ3v) is 3.08. The highest BCUT2D eigenvalue weighted by Crippen LogP contribution is 2.29. The largest absolute Gasteiger partial charge is 0.441 e. The summed E-state index contributed by atoms with van der Waals surface area (Å²) in [6, 6.07) is 7.74. The molecule has 0 fully saturated rings. The van der Waals surface area contributed by atoms with Crippen molar-refractivity contribution in [2.75, 3.05) is 6.61 Å². The van der Waals surface area contributed by atoms with Crippen molar-refractivity contribution in [1.29, 1.82) is 0 Å². The Labute approximate surface area is 102 Å². The molecule has 3 nitrogen and oxygen atoms in total. The van der Waals surface area contributed by atoms with Gasteiger partial charge in [-0.05, 0) is 28.1 Å². The molecule has 0 aliphatic carbocycles. The molecule has 0 radical (unpaired) electrons. The second-order valence-electron chi connectivity index (χ2n) is 3.63. The lowest BCUT2D eigenvalue weighted by Gasteiger charge is -2.02. The number of halogens is 1. The number of aliphatic hydroxyl groups excluding tert-OH is 1. The third-order valence-electron chi connectivity index (χ3n) is 2.39. The summed E-state index contributed by atoms with van der Waals surface area (Å²) in [5.74, 6) is 1.25. The van der Waals surface area contributed by atoms with Crippen molar-refractivity contribution in [2.24, 2.45) is 0 Å². The van der Waals surface area contributed by atoms with E-state index in [1.807, 2.05) is 31.2 Å². The Bertz CT molecular complexity index is 481. The molecule has 1 aromatic heterocycles. The van der Waals surface area contributed by atoms with Crippen LogP contribution in [0.5, 0.6) is 0 Å². The number of aromatic nitrogens is 1. The van der Waals surface area contributed by atoms with Crippen molar-refractivity contribution < 1.29 is 9.52 Å². The van der Waals surface area contributed by atoms with Crippen LogP contribution in [0.3, 0.4) is 0 Å². The van der Waals surface area contributed by atoms with Gasteiger partial charge < -0.3 is 9.52 Å². The zero-order valence-corrected chi connectivity index (χ0v) is 10.4. The Balaban J connectivity index is 2.35. The summed E-state index contributed by atoms with van der Waals surface area (Å²) in [5.41, 5.74) is 0.916. The first-order valence-corrected chi connectivity index (χ1v) is 5.83. The van der Waals surface area contributed by atoms with Crippen LogP contribution in [0, 0.1) is 0 Å². The molecule has 1 aromatic carbocycles.